The first kappa shape index (κ1) is 17.0. The van der Waals surface area contributed by atoms with Crippen LogP contribution in [0.5, 0.6) is 0 Å². The molecule has 4 heteroatoms. The molecular weight excluding hydrogens is 304 g/mol. The number of carbonyl (C=O) groups excluding carboxylic acids is 2. The Hall–Kier alpha value is -1.84. The van der Waals surface area contributed by atoms with Crippen molar-refractivity contribution in [3.8, 4) is 0 Å². The maximum atomic E-state index is 12.5. The molecule has 2 aliphatic rings. The van der Waals surface area contributed by atoms with Crippen LogP contribution in [0.1, 0.15) is 63.2 Å². The van der Waals surface area contributed by atoms with E-state index in [1.807, 2.05) is 25.1 Å². The van der Waals surface area contributed by atoms with E-state index < -0.39 is 5.60 Å². The zero-order valence-electron chi connectivity index (χ0n) is 14.7. The molecule has 0 radical (unpaired) electrons. The van der Waals surface area contributed by atoms with E-state index >= 15 is 0 Å². The maximum absolute atomic E-state index is 12.5. The van der Waals surface area contributed by atoms with E-state index in [9.17, 15) is 9.59 Å². The molecule has 1 aliphatic heterocycles. The summed E-state index contributed by atoms with van der Waals surface area (Å²) in [6, 6.07) is 9.10. The number of benzene rings is 1. The molecule has 1 aromatic carbocycles. The lowest BCUT2D eigenvalue weighted by Gasteiger charge is -2.52. The molecule has 1 aliphatic carbocycles. The van der Waals surface area contributed by atoms with Crippen LogP contribution >= 0.6 is 0 Å². The molecule has 0 spiro atoms. The van der Waals surface area contributed by atoms with Gasteiger partial charge in [-0.15, -0.1) is 0 Å². The smallest absolute Gasteiger partial charge is 0.338 e. The summed E-state index contributed by atoms with van der Waals surface area (Å²) in [6.07, 6.45) is 3.53. The number of hydrogen-bond acceptors (Lipinski definition) is 4. The van der Waals surface area contributed by atoms with Crippen LogP contribution in [0.3, 0.4) is 0 Å². The van der Waals surface area contributed by atoms with Crippen molar-refractivity contribution in [2.75, 3.05) is 0 Å². The van der Waals surface area contributed by atoms with Crippen LogP contribution in [-0.2, 0) is 14.3 Å². The lowest BCUT2D eigenvalue weighted by molar-refractivity contribution is -0.185. The van der Waals surface area contributed by atoms with Gasteiger partial charge in [0, 0.05) is 17.8 Å². The first-order valence-electron chi connectivity index (χ1n) is 8.81. The minimum absolute atomic E-state index is 0.101. The SMILES string of the molecule is CC1(C)[C@@H](OC(=O)c2ccccc2)CC[C@]2(C)OC(=O)CCC[C@@H]12. The average molecular weight is 330 g/mol. The van der Waals surface area contributed by atoms with Crippen molar-refractivity contribution in [2.24, 2.45) is 11.3 Å². The summed E-state index contributed by atoms with van der Waals surface area (Å²) < 4.78 is 11.7. The van der Waals surface area contributed by atoms with Crippen LogP contribution in [0.25, 0.3) is 0 Å². The number of rotatable bonds is 2. The minimum atomic E-state index is -0.452. The van der Waals surface area contributed by atoms with E-state index in [4.69, 9.17) is 9.47 Å². The molecule has 0 bridgehead atoms. The van der Waals surface area contributed by atoms with Gasteiger partial charge < -0.3 is 9.47 Å². The van der Waals surface area contributed by atoms with Crippen molar-refractivity contribution in [3.05, 3.63) is 35.9 Å². The van der Waals surface area contributed by atoms with Crippen molar-refractivity contribution in [1.29, 1.82) is 0 Å². The van der Waals surface area contributed by atoms with E-state index in [0.717, 1.165) is 19.3 Å². The van der Waals surface area contributed by atoms with E-state index in [-0.39, 0.29) is 29.4 Å². The highest BCUT2D eigenvalue weighted by molar-refractivity contribution is 5.89. The minimum Gasteiger partial charge on any atom is -0.459 e. The third-order valence-electron chi connectivity index (χ3n) is 5.85. The topological polar surface area (TPSA) is 52.6 Å². The van der Waals surface area contributed by atoms with Crippen molar-refractivity contribution < 1.29 is 19.1 Å². The molecule has 0 aromatic heterocycles. The van der Waals surface area contributed by atoms with Crippen molar-refractivity contribution in [2.45, 2.75) is 64.6 Å². The Morgan fingerprint density at radius 3 is 2.58 bits per heavy atom. The molecule has 1 aromatic rings. The highest BCUT2D eigenvalue weighted by Crippen LogP contribution is 2.52. The zero-order valence-corrected chi connectivity index (χ0v) is 14.7. The van der Waals surface area contributed by atoms with Gasteiger partial charge in [0.15, 0.2) is 0 Å². The fourth-order valence-electron chi connectivity index (χ4n) is 4.52. The lowest BCUT2D eigenvalue weighted by atomic mass is 9.59. The normalized spacial score (nSPS) is 32.2. The third-order valence-corrected chi connectivity index (χ3v) is 5.85. The predicted molar refractivity (Wildman–Crippen MR) is 90.5 cm³/mol. The Bertz CT molecular complexity index is 622. The number of esters is 2. The van der Waals surface area contributed by atoms with E-state index in [2.05, 4.69) is 13.8 Å². The number of fused-ring (bicyclic) bond motifs is 1. The summed E-state index contributed by atoms with van der Waals surface area (Å²) in [5.41, 5.74) is -0.108. The summed E-state index contributed by atoms with van der Waals surface area (Å²) in [4.78, 5) is 24.3. The summed E-state index contributed by atoms with van der Waals surface area (Å²) >= 11 is 0. The molecule has 130 valence electrons. The average Bonchev–Trinajstić information content (AvgIpc) is 2.69. The summed E-state index contributed by atoms with van der Waals surface area (Å²) in [7, 11) is 0. The zero-order chi connectivity index (χ0) is 17.4. The van der Waals surface area contributed by atoms with Crippen molar-refractivity contribution in [3.63, 3.8) is 0 Å². The molecule has 1 saturated carbocycles. The molecule has 0 N–H and O–H groups in total. The van der Waals surface area contributed by atoms with Gasteiger partial charge in [0.1, 0.15) is 11.7 Å². The van der Waals surface area contributed by atoms with Gasteiger partial charge in [0.25, 0.3) is 0 Å². The third kappa shape index (κ3) is 3.06. The summed E-state index contributed by atoms with van der Waals surface area (Å²) in [6.45, 7) is 6.31. The van der Waals surface area contributed by atoms with Gasteiger partial charge in [-0.2, -0.15) is 0 Å². The molecule has 3 rings (SSSR count). The fourth-order valence-corrected chi connectivity index (χ4v) is 4.52. The fraction of sp³-hybridized carbons (Fsp3) is 0.600. The largest absolute Gasteiger partial charge is 0.459 e. The van der Waals surface area contributed by atoms with Gasteiger partial charge in [-0.05, 0) is 44.7 Å². The Balaban J connectivity index is 1.79. The molecule has 1 heterocycles. The highest BCUT2D eigenvalue weighted by atomic mass is 16.6. The quantitative estimate of drug-likeness (QED) is 0.765. The van der Waals surface area contributed by atoms with Crippen LogP contribution in [0.15, 0.2) is 30.3 Å². The second-order valence-electron chi connectivity index (χ2n) is 7.85. The van der Waals surface area contributed by atoms with Gasteiger partial charge >= 0.3 is 11.9 Å². The Labute approximate surface area is 143 Å². The van der Waals surface area contributed by atoms with Crippen molar-refractivity contribution >= 4 is 11.9 Å². The Kier molecular flexibility index (Phi) is 4.41. The Morgan fingerprint density at radius 2 is 1.88 bits per heavy atom. The van der Waals surface area contributed by atoms with Crippen LogP contribution in [0.2, 0.25) is 0 Å². The Morgan fingerprint density at radius 1 is 1.17 bits per heavy atom. The number of hydrogen-bond donors (Lipinski definition) is 0. The second-order valence-corrected chi connectivity index (χ2v) is 7.85. The number of ether oxygens (including phenoxy) is 2. The molecular formula is C20H26O4. The molecule has 0 amide bonds. The molecule has 4 nitrogen and oxygen atoms in total. The van der Waals surface area contributed by atoms with Crippen LogP contribution < -0.4 is 0 Å². The molecule has 3 atom stereocenters. The lowest BCUT2D eigenvalue weighted by Crippen LogP contribution is -2.55. The van der Waals surface area contributed by atoms with Gasteiger partial charge in [0.05, 0.1) is 5.56 Å². The second kappa shape index (κ2) is 6.23. The molecule has 0 unspecified atom stereocenters. The van der Waals surface area contributed by atoms with Gasteiger partial charge in [0.2, 0.25) is 0 Å². The van der Waals surface area contributed by atoms with E-state index in [0.29, 0.717) is 18.4 Å². The van der Waals surface area contributed by atoms with E-state index in [1.165, 1.54) is 0 Å². The first-order valence-corrected chi connectivity index (χ1v) is 8.81. The molecule has 1 saturated heterocycles. The van der Waals surface area contributed by atoms with Gasteiger partial charge in [-0.1, -0.05) is 32.0 Å². The first-order chi connectivity index (χ1) is 11.3. The maximum Gasteiger partial charge on any atom is 0.338 e. The van der Waals surface area contributed by atoms with Gasteiger partial charge in [-0.3, -0.25) is 4.79 Å². The van der Waals surface area contributed by atoms with Crippen molar-refractivity contribution in [1.82, 2.24) is 0 Å². The van der Waals surface area contributed by atoms with Gasteiger partial charge in [-0.25, -0.2) is 4.79 Å². The molecule has 2 fully saturated rings. The van der Waals surface area contributed by atoms with Crippen LogP contribution in [0.4, 0.5) is 0 Å². The highest BCUT2D eigenvalue weighted by Gasteiger charge is 2.55. The van der Waals surface area contributed by atoms with E-state index in [1.54, 1.807) is 12.1 Å². The molecule has 24 heavy (non-hydrogen) atoms. The predicted octanol–water partition coefficient (Wildman–Crippen LogP) is 4.13. The summed E-state index contributed by atoms with van der Waals surface area (Å²) in [5, 5.41) is 0. The van der Waals surface area contributed by atoms with Crippen LogP contribution in [0, 0.1) is 11.3 Å². The monoisotopic (exact) mass is 330 g/mol. The number of carbonyl (C=O) groups is 2. The van der Waals surface area contributed by atoms with Crippen LogP contribution in [-0.4, -0.2) is 23.6 Å². The summed E-state index contributed by atoms with van der Waals surface area (Å²) in [5.74, 6) is -0.183. The standard InChI is InChI=1S/C20H26O4/c1-19(2)15-10-7-11-17(21)24-20(15,3)13-12-16(19)23-18(22)14-8-5-4-6-9-14/h4-6,8-9,15-16H,7,10-13H2,1-3H3/t15-,16-,20-/m0/s1.